The van der Waals surface area contributed by atoms with Gasteiger partial charge in [0.25, 0.3) is 0 Å². The van der Waals surface area contributed by atoms with E-state index in [0.29, 0.717) is 35.4 Å². The number of halogens is 6. The van der Waals surface area contributed by atoms with Gasteiger partial charge >= 0.3 is 12.4 Å². The summed E-state index contributed by atoms with van der Waals surface area (Å²) in [4.78, 5) is 13.1. The second kappa shape index (κ2) is 12.1. The fourth-order valence-corrected chi connectivity index (χ4v) is 4.50. The number of ether oxygens (including phenoxy) is 2. The van der Waals surface area contributed by atoms with Gasteiger partial charge in [-0.3, -0.25) is 4.79 Å². The molecule has 0 aliphatic rings. The van der Waals surface area contributed by atoms with Crippen LogP contribution in [-0.4, -0.2) is 24.4 Å². The summed E-state index contributed by atoms with van der Waals surface area (Å²) in [7, 11) is -1.10. The zero-order valence-electron chi connectivity index (χ0n) is 19.7. The molecule has 0 heterocycles. The predicted molar refractivity (Wildman–Crippen MR) is 134 cm³/mol. The SMILES string of the molecule is O=C(Pc1ccc(Oc2ccccc2)cc1Oc1ccccc1)c1c(C(F)(F)F)cccc1C(F)(F)F.[Li]. The zero-order chi connectivity index (χ0) is 26.6. The van der Waals surface area contributed by atoms with Crippen molar-refractivity contribution in [1.29, 1.82) is 0 Å². The van der Waals surface area contributed by atoms with E-state index in [2.05, 4.69) is 0 Å². The van der Waals surface area contributed by atoms with Crippen molar-refractivity contribution >= 4 is 38.3 Å². The molecule has 4 aromatic rings. The zero-order valence-corrected chi connectivity index (χ0v) is 20.7. The molecule has 11 heteroatoms. The van der Waals surface area contributed by atoms with Crippen LogP contribution < -0.4 is 14.8 Å². The van der Waals surface area contributed by atoms with Crippen LogP contribution in [0.4, 0.5) is 26.3 Å². The largest absolute Gasteiger partial charge is 0.457 e. The van der Waals surface area contributed by atoms with Gasteiger partial charge in [0.2, 0.25) is 0 Å². The Morgan fingerprint density at radius 2 is 1.11 bits per heavy atom. The number of rotatable bonds is 7. The van der Waals surface area contributed by atoms with Gasteiger partial charge < -0.3 is 9.47 Å². The monoisotopic (exact) mass is 541 g/mol. The van der Waals surface area contributed by atoms with Gasteiger partial charge in [-0.15, -0.1) is 0 Å². The summed E-state index contributed by atoms with van der Waals surface area (Å²) in [6.07, 6.45) is -10.3. The predicted octanol–water partition coefficient (Wildman–Crippen LogP) is 8.07. The van der Waals surface area contributed by atoms with Gasteiger partial charge in [0.05, 0.1) is 11.1 Å². The molecule has 3 nitrogen and oxygen atoms in total. The molecular formula is C27H17F6LiO3P. The fourth-order valence-electron chi connectivity index (χ4n) is 3.45. The molecule has 38 heavy (non-hydrogen) atoms. The minimum Gasteiger partial charge on any atom is -0.457 e. The van der Waals surface area contributed by atoms with E-state index in [1.807, 2.05) is 0 Å². The van der Waals surface area contributed by atoms with E-state index < -0.39 is 43.1 Å². The number of hydrogen-bond acceptors (Lipinski definition) is 3. The van der Waals surface area contributed by atoms with Gasteiger partial charge in [0.15, 0.2) is 5.52 Å². The molecule has 4 rings (SSSR count). The van der Waals surface area contributed by atoms with Crippen LogP contribution in [0.2, 0.25) is 0 Å². The van der Waals surface area contributed by atoms with Crippen molar-refractivity contribution in [3.8, 4) is 23.0 Å². The summed E-state index contributed by atoms with van der Waals surface area (Å²) < 4.78 is 93.1. The maximum atomic E-state index is 13.6. The molecule has 4 aromatic carbocycles. The van der Waals surface area contributed by atoms with Crippen LogP contribution in [0.3, 0.4) is 0 Å². The van der Waals surface area contributed by atoms with Gasteiger partial charge in [0.1, 0.15) is 23.0 Å². The number of alkyl halides is 6. The Morgan fingerprint density at radius 3 is 1.61 bits per heavy atom. The molecule has 0 fully saturated rings. The molecule has 0 aliphatic heterocycles. The molecule has 0 spiro atoms. The Morgan fingerprint density at radius 1 is 0.605 bits per heavy atom. The van der Waals surface area contributed by atoms with Crippen molar-refractivity contribution < 1.29 is 40.6 Å². The van der Waals surface area contributed by atoms with Crippen molar-refractivity contribution in [2.75, 3.05) is 0 Å². The van der Waals surface area contributed by atoms with Gasteiger partial charge in [0, 0.05) is 35.8 Å². The summed E-state index contributed by atoms with van der Waals surface area (Å²) in [5.41, 5.74) is -6.03. The second-order valence-electron chi connectivity index (χ2n) is 7.67. The van der Waals surface area contributed by atoms with E-state index in [9.17, 15) is 31.1 Å². The van der Waals surface area contributed by atoms with Gasteiger partial charge in [-0.2, -0.15) is 26.3 Å². The molecule has 1 radical (unpaired) electrons. The molecule has 1 unspecified atom stereocenters. The van der Waals surface area contributed by atoms with Crippen molar-refractivity contribution in [3.63, 3.8) is 0 Å². The number of benzene rings is 4. The Bertz CT molecular complexity index is 1360. The second-order valence-corrected chi connectivity index (χ2v) is 8.91. The number of para-hydroxylation sites is 2. The van der Waals surface area contributed by atoms with Crippen LogP contribution in [0.5, 0.6) is 23.0 Å². The normalized spacial score (nSPS) is 11.7. The third-order valence-corrected chi connectivity index (χ3v) is 6.21. The topological polar surface area (TPSA) is 35.5 Å². The third-order valence-electron chi connectivity index (χ3n) is 5.05. The molecule has 0 aromatic heterocycles. The van der Waals surface area contributed by atoms with Crippen molar-refractivity contribution in [2.45, 2.75) is 12.4 Å². The number of carbonyl (C=O) groups is 1. The minimum absolute atomic E-state index is 0. The van der Waals surface area contributed by atoms with Crippen LogP contribution in [0, 0.1) is 0 Å². The summed E-state index contributed by atoms with van der Waals surface area (Å²) in [6, 6.07) is 22.8. The van der Waals surface area contributed by atoms with Crippen molar-refractivity contribution in [2.24, 2.45) is 0 Å². The Hall–Kier alpha value is -3.24. The first kappa shape index (κ1) is 29.3. The molecule has 0 N–H and O–H groups in total. The Labute approximate surface area is 227 Å². The minimum atomic E-state index is -5.16. The van der Waals surface area contributed by atoms with E-state index >= 15 is 0 Å². The standard InChI is InChI=1S/C27H17F6O3P.Li/c28-26(29,30)20-12-7-13-21(27(31,32)33)24(20)25(34)37-23-15-14-19(35-17-8-3-1-4-9-17)16-22(23)36-18-10-5-2-6-11-18;/h1-16,37H;. The van der Waals surface area contributed by atoms with Crippen LogP contribution in [-0.2, 0) is 12.4 Å². The van der Waals surface area contributed by atoms with Crippen LogP contribution >= 0.6 is 8.58 Å². The van der Waals surface area contributed by atoms with E-state index in [4.69, 9.17) is 9.47 Å². The quantitative estimate of drug-likeness (QED) is 0.135. The van der Waals surface area contributed by atoms with E-state index in [1.165, 1.54) is 18.2 Å². The first-order valence-electron chi connectivity index (χ1n) is 10.7. The van der Waals surface area contributed by atoms with Crippen molar-refractivity contribution in [3.05, 3.63) is 114 Å². The van der Waals surface area contributed by atoms with Gasteiger partial charge in [-0.1, -0.05) is 42.5 Å². The van der Waals surface area contributed by atoms with Crippen LogP contribution in [0.25, 0.3) is 0 Å². The number of hydrogen-bond donors (Lipinski definition) is 0. The van der Waals surface area contributed by atoms with E-state index in [0.717, 1.165) is 0 Å². The van der Waals surface area contributed by atoms with Gasteiger partial charge in [-0.25, -0.2) is 0 Å². The summed E-state index contributed by atoms with van der Waals surface area (Å²) in [5, 5.41) is 0.111. The van der Waals surface area contributed by atoms with Gasteiger partial charge in [-0.05, 0) is 57.1 Å². The smallest absolute Gasteiger partial charge is 0.417 e. The summed E-state index contributed by atoms with van der Waals surface area (Å²) >= 11 is 0. The van der Waals surface area contributed by atoms with Crippen LogP contribution in [0.15, 0.2) is 97.1 Å². The molecule has 1 atom stereocenters. The average Bonchev–Trinajstić information content (AvgIpc) is 2.85. The molecule has 0 saturated carbocycles. The third kappa shape index (κ3) is 7.20. The molecule has 0 amide bonds. The molecule has 0 bridgehead atoms. The Balaban J connectivity index is 0.00000400. The van der Waals surface area contributed by atoms with E-state index in [-0.39, 0.29) is 29.9 Å². The maximum absolute atomic E-state index is 13.6. The molecule has 191 valence electrons. The first-order valence-corrected chi connectivity index (χ1v) is 11.7. The summed E-state index contributed by atoms with van der Waals surface area (Å²) in [6.45, 7) is 0. The molecule has 0 aliphatic carbocycles. The number of carbonyl (C=O) groups excluding carboxylic acids is 1. The molecule has 0 saturated heterocycles. The molecular weight excluding hydrogens is 524 g/mol. The first-order chi connectivity index (χ1) is 17.5. The Kier molecular flexibility index (Phi) is 9.32. The average molecular weight is 541 g/mol. The van der Waals surface area contributed by atoms with Crippen LogP contribution in [0.1, 0.15) is 21.5 Å². The van der Waals surface area contributed by atoms with Crippen molar-refractivity contribution in [1.82, 2.24) is 0 Å². The maximum Gasteiger partial charge on any atom is 0.417 e. The summed E-state index contributed by atoms with van der Waals surface area (Å²) in [5.74, 6) is 1.20. The van der Waals surface area contributed by atoms with E-state index in [1.54, 1.807) is 60.7 Å². The fraction of sp³-hybridized carbons (Fsp3) is 0.0741.